The number of hydrogen-bond donors (Lipinski definition) is 1. The molecule has 0 radical (unpaired) electrons. The van der Waals surface area contributed by atoms with E-state index in [2.05, 4.69) is 145 Å². The smallest absolute Gasteiger partial charge is 0.0648 e. The maximum absolute atomic E-state index is 10.2. The van der Waals surface area contributed by atoms with Gasteiger partial charge in [0.2, 0.25) is 0 Å². The molecule has 0 atom stereocenters. The molecule has 1 aromatic heterocycles. The van der Waals surface area contributed by atoms with Gasteiger partial charge in [-0.1, -0.05) is 209 Å². The Morgan fingerprint density at radius 3 is 1.38 bits per heavy atom. The number of likely N-dealkylation sites (tertiary alicyclic amines) is 2. The zero-order chi connectivity index (χ0) is 51.5. The normalized spacial score (nSPS) is 19.6. The average molecular weight is 969 g/mol. The van der Waals surface area contributed by atoms with Crippen LogP contribution in [0.25, 0.3) is 0 Å². The van der Waals surface area contributed by atoms with Crippen LogP contribution in [0.4, 0.5) is 0 Å². The van der Waals surface area contributed by atoms with Crippen LogP contribution in [0, 0.1) is 44.3 Å². The van der Waals surface area contributed by atoms with Crippen LogP contribution in [-0.2, 0) is 6.42 Å². The van der Waals surface area contributed by atoms with Gasteiger partial charge in [0.05, 0.1) is 5.60 Å². The van der Waals surface area contributed by atoms with Crippen molar-refractivity contribution in [2.45, 2.75) is 305 Å². The van der Waals surface area contributed by atoms with Gasteiger partial charge in [-0.2, -0.15) is 0 Å². The lowest BCUT2D eigenvalue weighted by atomic mass is 9.77. The summed E-state index contributed by atoms with van der Waals surface area (Å²) in [7, 11) is 0. The van der Waals surface area contributed by atoms with Crippen molar-refractivity contribution in [1.82, 2.24) is 14.8 Å². The summed E-state index contributed by atoms with van der Waals surface area (Å²) in [6.07, 6.45) is 36.9. The fourth-order valence-electron chi connectivity index (χ4n) is 9.93. The maximum Gasteiger partial charge on any atom is 0.0648 e. The van der Waals surface area contributed by atoms with E-state index in [4.69, 9.17) is 0 Å². The second-order valence-corrected chi connectivity index (χ2v) is 30.1. The standard InChI is InChI=1S/C12H24O.C12H24.2C11H23N.C10H15N.C8H16.CH4/c1-11(2,3)9-10-12(13)7-5-4-6-8-12;1-12(2,3)10-9-11-7-5-4-6-8-11;1-11(2,3)7-6-10-12-8-4-5-9-12;1-11(2,3)7-10-12-8-5-4-6-9-12;1-10(2,3)8-9-6-4-5-7-11-9;1-8(2,3)6-7-4-5-7;/h13H,4-10H2,1-3H3;11H,4-10H2,1-3H3;2*4-10H2,1-3H3;4-7H,8H2,1-3H3;7H,4-6H2,1-3H3;1H4. The van der Waals surface area contributed by atoms with Crippen LogP contribution in [0.2, 0.25) is 0 Å². The van der Waals surface area contributed by atoms with Crippen LogP contribution in [0.15, 0.2) is 24.4 Å². The van der Waals surface area contributed by atoms with Crippen molar-refractivity contribution in [2.24, 2.45) is 44.3 Å². The highest BCUT2D eigenvalue weighted by Gasteiger charge is 2.30. The maximum atomic E-state index is 10.2. The minimum Gasteiger partial charge on any atom is -0.390 e. The van der Waals surface area contributed by atoms with E-state index in [9.17, 15) is 5.11 Å². The summed E-state index contributed by atoms with van der Waals surface area (Å²) in [5, 5.41) is 10.2. The Kier molecular flexibility index (Phi) is 33.3. The van der Waals surface area contributed by atoms with Gasteiger partial charge < -0.3 is 14.9 Å². The van der Waals surface area contributed by atoms with Gasteiger partial charge in [-0.05, 0) is 192 Å². The predicted octanol–water partition coefficient (Wildman–Crippen LogP) is 19.9. The van der Waals surface area contributed by atoms with E-state index in [1.807, 2.05) is 18.3 Å². The molecule has 1 N–H and O–H groups in total. The van der Waals surface area contributed by atoms with Gasteiger partial charge in [0.1, 0.15) is 0 Å². The number of aromatic nitrogens is 1. The molecule has 2 aliphatic heterocycles. The van der Waals surface area contributed by atoms with Crippen molar-refractivity contribution in [3.8, 4) is 0 Å². The molecule has 5 fully saturated rings. The molecule has 69 heavy (non-hydrogen) atoms. The molecule has 0 bridgehead atoms. The minimum atomic E-state index is -0.314. The van der Waals surface area contributed by atoms with E-state index < -0.39 is 0 Å². The molecule has 2 saturated heterocycles. The number of piperidine rings is 1. The first-order valence-electron chi connectivity index (χ1n) is 29.4. The summed E-state index contributed by atoms with van der Waals surface area (Å²) >= 11 is 0. The predicted molar refractivity (Wildman–Crippen MR) is 312 cm³/mol. The molecule has 0 aromatic carbocycles. The van der Waals surface area contributed by atoms with Gasteiger partial charge >= 0.3 is 0 Å². The third kappa shape index (κ3) is 45.4. The van der Waals surface area contributed by atoms with Gasteiger partial charge in [-0.25, -0.2) is 0 Å². The Hall–Kier alpha value is -0.970. The number of nitrogens with zero attached hydrogens (tertiary/aromatic N) is 3. The highest BCUT2D eigenvalue weighted by atomic mass is 16.3. The molecule has 5 aliphatic rings. The van der Waals surface area contributed by atoms with Crippen molar-refractivity contribution >= 4 is 0 Å². The Bertz CT molecular complexity index is 1280. The third-order valence-electron chi connectivity index (χ3n) is 14.4. The van der Waals surface area contributed by atoms with Gasteiger partial charge in [0.15, 0.2) is 0 Å². The zero-order valence-electron chi connectivity index (χ0n) is 49.9. The number of rotatable bonds is 11. The minimum absolute atomic E-state index is 0. The molecule has 0 spiro atoms. The van der Waals surface area contributed by atoms with E-state index in [0.717, 1.165) is 43.9 Å². The van der Waals surface area contributed by atoms with Gasteiger partial charge in [0, 0.05) is 11.9 Å². The quantitative estimate of drug-likeness (QED) is 0.240. The fraction of sp³-hybridized carbons (Fsp3) is 0.923. The SMILES string of the molecule is C.CC(C)(C)CC1CC1.CC(C)(C)CCC1(O)CCCCC1.CC(C)(C)CCC1CCCCC1.CC(C)(C)CCCN1CCCC1.CC(C)(C)CCN1CCCCC1.CC(C)(C)Cc1ccccn1. The van der Waals surface area contributed by atoms with Crippen molar-refractivity contribution in [3.05, 3.63) is 30.1 Å². The molecule has 3 heterocycles. The van der Waals surface area contributed by atoms with Crippen LogP contribution in [0.1, 0.15) is 298 Å². The second kappa shape index (κ2) is 33.8. The third-order valence-corrected chi connectivity index (χ3v) is 14.4. The first-order chi connectivity index (χ1) is 31.3. The van der Waals surface area contributed by atoms with E-state index in [0.29, 0.717) is 32.5 Å². The summed E-state index contributed by atoms with van der Waals surface area (Å²) in [6, 6.07) is 6.06. The van der Waals surface area contributed by atoms with Crippen LogP contribution < -0.4 is 0 Å². The van der Waals surface area contributed by atoms with Crippen molar-refractivity contribution in [3.63, 3.8) is 0 Å². The van der Waals surface area contributed by atoms with E-state index in [-0.39, 0.29) is 13.0 Å². The van der Waals surface area contributed by atoms with Gasteiger partial charge in [-0.3, -0.25) is 4.98 Å². The average Bonchev–Trinajstić information content (AvgIpc) is 3.87. The Balaban J connectivity index is 0.000000805. The summed E-state index contributed by atoms with van der Waals surface area (Å²) < 4.78 is 0. The highest BCUT2D eigenvalue weighted by molar-refractivity contribution is 5.05. The van der Waals surface area contributed by atoms with E-state index in [1.165, 1.54) is 180 Å². The molecule has 1 aromatic rings. The first-order valence-corrected chi connectivity index (χ1v) is 29.4. The first kappa shape index (κ1) is 68.0. The summed E-state index contributed by atoms with van der Waals surface area (Å²) in [5.74, 6) is 2.16. The Morgan fingerprint density at radius 1 is 0.493 bits per heavy atom. The molecule has 3 saturated carbocycles. The molecular formula is C65H129N3O. The van der Waals surface area contributed by atoms with Gasteiger partial charge in [0.25, 0.3) is 0 Å². The molecule has 6 rings (SSSR count). The lowest BCUT2D eigenvalue weighted by Crippen LogP contribution is -2.32. The number of aliphatic hydroxyl groups is 1. The lowest BCUT2D eigenvalue weighted by Gasteiger charge is -2.34. The molecule has 0 amide bonds. The second-order valence-electron chi connectivity index (χ2n) is 30.1. The molecule has 4 nitrogen and oxygen atoms in total. The van der Waals surface area contributed by atoms with E-state index >= 15 is 0 Å². The highest BCUT2D eigenvalue weighted by Crippen LogP contribution is 2.40. The monoisotopic (exact) mass is 968 g/mol. The Labute approximate surface area is 436 Å². The van der Waals surface area contributed by atoms with Crippen molar-refractivity contribution in [1.29, 1.82) is 0 Å². The summed E-state index contributed by atoms with van der Waals surface area (Å²) in [6.45, 7) is 49.5. The van der Waals surface area contributed by atoms with Gasteiger partial charge in [-0.15, -0.1) is 0 Å². The number of hydrogen-bond acceptors (Lipinski definition) is 4. The summed E-state index contributed by atoms with van der Waals surface area (Å²) in [4.78, 5) is 9.49. The summed E-state index contributed by atoms with van der Waals surface area (Å²) in [5.41, 5.74) is 3.75. The number of pyridine rings is 1. The van der Waals surface area contributed by atoms with Crippen LogP contribution in [0.5, 0.6) is 0 Å². The largest absolute Gasteiger partial charge is 0.390 e. The van der Waals surface area contributed by atoms with Crippen LogP contribution in [0.3, 0.4) is 0 Å². The molecular weight excluding hydrogens is 839 g/mol. The lowest BCUT2D eigenvalue weighted by molar-refractivity contribution is -0.0123. The van der Waals surface area contributed by atoms with Crippen molar-refractivity contribution < 1.29 is 5.11 Å². The fourth-order valence-corrected chi connectivity index (χ4v) is 9.93. The van der Waals surface area contributed by atoms with E-state index in [1.54, 1.807) is 0 Å². The molecule has 410 valence electrons. The molecule has 3 aliphatic carbocycles. The van der Waals surface area contributed by atoms with Crippen LogP contribution in [-0.4, -0.2) is 64.8 Å². The topological polar surface area (TPSA) is 39.6 Å². The van der Waals surface area contributed by atoms with Crippen LogP contribution >= 0.6 is 0 Å². The molecule has 0 unspecified atom stereocenters. The zero-order valence-corrected chi connectivity index (χ0v) is 49.9. The Morgan fingerprint density at radius 2 is 0.957 bits per heavy atom. The van der Waals surface area contributed by atoms with Crippen molar-refractivity contribution in [2.75, 3.05) is 39.3 Å². The molecule has 4 heteroatoms.